The highest BCUT2D eigenvalue weighted by Gasteiger charge is 2.20. The monoisotopic (exact) mass is 298 g/mol. The number of allylic oxidation sites excluding steroid dienone is 1. The summed E-state index contributed by atoms with van der Waals surface area (Å²) in [5, 5.41) is 5.16. The molecule has 0 aliphatic heterocycles. The van der Waals surface area contributed by atoms with Crippen molar-refractivity contribution >= 4 is 17.8 Å². The summed E-state index contributed by atoms with van der Waals surface area (Å²) in [4.78, 5) is 34.5. The number of rotatable bonds is 7. The molecule has 0 heterocycles. The van der Waals surface area contributed by atoms with Gasteiger partial charge in [-0.05, 0) is 47.1 Å². The lowest BCUT2D eigenvalue weighted by Crippen LogP contribution is -2.41. The Morgan fingerprint density at radius 3 is 2.38 bits per heavy atom. The molecule has 0 aromatic rings. The third-order valence-corrected chi connectivity index (χ3v) is 2.43. The van der Waals surface area contributed by atoms with Crippen LogP contribution >= 0.6 is 0 Å². The summed E-state index contributed by atoms with van der Waals surface area (Å²) in [7, 11) is 0. The fourth-order valence-electron chi connectivity index (χ4n) is 1.47. The summed E-state index contributed by atoms with van der Waals surface area (Å²) in [6.45, 7) is 9.07. The van der Waals surface area contributed by atoms with E-state index in [1.807, 2.05) is 0 Å². The van der Waals surface area contributed by atoms with E-state index in [0.29, 0.717) is 13.0 Å². The van der Waals surface area contributed by atoms with Crippen molar-refractivity contribution in [3.8, 4) is 0 Å². The van der Waals surface area contributed by atoms with Crippen LogP contribution in [0.4, 0.5) is 4.79 Å². The summed E-state index contributed by atoms with van der Waals surface area (Å²) in [6, 6.07) is -0.605. The number of carbonyl (C=O) groups is 3. The maximum Gasteiger partial charge on any atom is 0.408 e. The first kappa shape index (κ1) is 19.1. The summed E-state index contributed by atoms with van der Waals surface area (Å²) in [5.41, 5.74) is -0.593. The number of hydrogen-bond acceptors (Lipinski definition) is 4. The average Bonchev–Trinajstić information content (AvgIpc) is 2.32. The van der Waals surface area contributed by atoms with Crippen molar-refractivity contribution in [1.82, 2.24) is 10.6 Å². The van der Waals surface area contributed by atoms with Crippen molar-refractivity contribution in [3.63, 3.8) is 0 Å². The van der Waals surface area contributed by atoms with E-state index in [1.165, 1.54) is 6.08 Å². The number of nitrogens with one attached hydrogen (secondary N) is 2. The van der Waals surface area contributed by atoms with Gasteiger partial charge in [-0.25, -0.2) is 4.79 Å². The Kier molecular flexibility index (Phi) is 8.35. The second-order valence-corrected chi connectivity index (χ2v) is 5.73. The molecule has 0 aromatic carbocycles. The number of alkyl carbamates (subject to hydrolysis) is 1. The molecule has 6 heteroatoms. The van der Waals surface area contributed by atoms with Crippen LogP contribution in [-0.2, 0) is 14.3 Å². The molecule has 0 aliphatic carbocycles. The van der Waals surface area contributed by atoms with Crippen LogP contribution in [0, 0.1) is 0 Å². The van der Waals surface area contributed by atoms with Gasteiger partial charge in [0.1, 0.15) is 5.60 Å². The molecule has 0 unspecified atom stereocenters. The highest BCUT2D eigenvalue weighted by atomic mass is 16.6. The van der Waals surface area contributed by atoms with E-state index in [-0.39, 0.29) is 18.1 Å². The summed E-state index contributed by atoms with van der Waals surface area (Å²) in [6.07, 6.45) is 3.28. The van der Waals surface area contributed by atoms with E-state index in [0.717, 1.165) is 0 Å². The first-order chi connectivity index (χ1) is 9.65. The van der Waals surface area contributed by atoms with Crippen LogP contribution in [0.2, 0.25) is 0 Å². The van der Waals surface area contributed by atoms with E-state index in [4.69, 9.17) is 4.74 Å². The Bertz CT molecular complexity index is 397. The first-order valence-corrected chi connectivity index (χ1v) is 7.08. The quantitative estimate of drug-likeness (QED) is 0.555. The van der Waals surface area contributed by atoms with Gasteiger partial charge in [0, 0.05) is 13.0 Å². The first-order valence-electron chi connectivity index (χ1n) is 7.08. The lowest BCUT2D eigenvalue weighted by Gasteiger charge is -2.21. The van der Waals surface area contributed by atoms with Crippen molar-refractivity contribution in [3.05, 3.63) is 12.2 Å². The number of amides is 2. The van der Waals surface area contributed by atoms with Crippen LogP contribution in [0.1, 0.15) is 47.5 Å². The minimum Gasteiger partial charge on any atom is -0.444 e. The van der Waals surface area contributed by atoms with E-state index in [2.05, 4.69) is 10.6 Å². The average molecular weight is 298 g/mol. The zero-order valence-corrected chi connectivity index (χ0v) is 13.5. The van der Waals surface area contributed by atoms with Gasteiger partial charge >= 0.3 is 6.09 Å². The van der Waals surface area contributed by atoms with E-state index < -0.39 is 17.7 Å². The van der Waals surface area contributed by atoms with Crippen molar-refractivity contribution in [1.29, 1.82) is 0 Å². The Morgan fingerprint density at radius 2 is 1.86 bits per heavy atom. The van der Waals surface area contributed by atoms with Gasteiger partial charge in [0.25, 0.3) is 0 Å². The molecule has 0 aliphatic rings. The van der Waals surface area contributed by atoms with Crippen molar-refractivity contribution in [2.45, 2.75) is 59.1 Å². The standard InChI is InChI=1S/C15H26N2O4/c1-6-8-13(19)16-10-7-9-12(18)11(2)17-14(20)21-15(3,4)5/h6,8,11H,7,9-10H2,1-5H3,(H,16,19)(H,17,20)/b8-6+/t11-/m0/s1. The van der Waals surface area contributed by atoms with Crippen LogP contribution in [0.15, 0.2) is 12.2 Å². The molecule has 2 amide bonds. The highest BCUT2D eigenvalue weighted by molar-refractivity contribution is 5.88. The number of ether oxygens (including phenoxy) is 1. The predicted molar refractivity (Wildman–Crippen MR) is 80.9 cm³/mol. The van der Waals surface area contributed by atoms with Gasteiger partial charge < -0.3 is 15.4 Å². The largest absolute Gasteiger partial charge is 0.444 e. The molecule has 1 atom stereocenters. The van der Waals surface area contributed by atoms with Crippen molar-refractivity contribution < 1.29 is 19.1 Å². The highest BCUT2D eigenvalue weighted by Crippen LogP contribution is 2.07. The van der Waals surface area contributed by atoms with Gasteiger partial charge in [-0.1, -0.05) is 6.08 Å². The fourth-order valence-corrected chi connectivity index (χ4v) is 1.47. The summed E-state index contributed by atoms with van der Waals surface area (Å²) >= 11 is 0. The molecule has 0 radical (unpaired) electrons. The minimum atomic E-state index is -0.607. The van der Waals surface area contributed by atoms with E-state index >= 15 is 0 Å². The van der Waals surface area contributed by atoms with Gasteiger partial charge in [0.2, 0.25) is 5.91 Å². The summed E-state index contributed by atoms with van der Waals surface area (Å²) < 4.78 is 5.08. The molecule has 2 N–H and O–H groups in total. The van der Waals surface area contributed by atoms with Crippen molar-refractivity contribution in [2.24, 2.45) is 0 Å². The maximum atomic E-state index is 11.8. The number of carbonyl (C=O) groups excluding carboxylic acids is 3. The second-order valence-electron chi connectivity index (χ2n) is 5.73. The fraction of sp³-hybridized carbons (Fsp3) is 0.667. The molecular weight excluding hydrogens is 272 g/mol. The molecule has 0 saturated heterocycles. The predicted octanol–water partition coefficient (Wildman–Crippen LogP) is 1.94. The van der Waals surface area contributed by atoms with Gasteiger partial charge in [0.15, 0.2) is 5.78 Å². The lowest BCUT2D eigenvalue weighted by atomic mass is 10.1. The molecule has 0 bridgehead atoms. The zero-order valence-electron chi connectivity index (χ0n) is 13.5. The van der Waals surface area contributed by atoms with Gasteiger partial charge in [0.05, 0.1) is 6.04 Å². The molecule has 0 rings (SSSR count). The topological polar surface area (TPSA) is 84.5 Å². The Labute approximate surface area is 126 Å². The Balaban J connectivity index is 3.95. The molecule has 0 fully saturated rings. The molecular formula is C15H26N2O4. The van der Waals surface area contributed by atoms with Crippen LogP contribution in [0.25, 0.3) is 0 Å². The van der Waals surface area contributed by atoms with Gasteiger partial charge in [-0.3, -0.25) is 9.59 Å². The van der Waals surface area contributed by atoms with Crippen LogP contribution in [0.3, 0.4) is 0 Å². The number of hydrogen-bond donors (Lipinski definition) is 2. The van der Waals surface area contributed by atoms with Crippen molar-refractivity contribution in [2.75, 3.05) is 6.54 Å². The Hall–Kier alpha value is -1.85. The second kappa shape index (κ2) is 9.15. The molecule has 6 nitrogen and oxygen atoms in total. The third-order valence-electron chi connectivity index (χ3n) is 2.43. The smallest absolute Gasteiger partial charge is 0.408 e. The molecule has 0 aromatic heterocycles. The minimum absolute atomic E-state index is 0.0962. The number of Topliss-reactive ketones (excluding diaryl/α,β-unsaturated/α-hetero) is 1. The van der Waals surface area contributed by atoms with Crippen LogP contribution < -0.4 is 10.6 Å². The molecule has 0 spiro atoms. The third kappa shape index (κ3) is 10.6. The molecule has 0 saturated carbocycles. The van der Waals surface area contributed by atoms with Crippen LogP contribution in [0.5, 0.6) is 0 Å². The van der Waals surface area contributed by atoms with Crippen LogP contribution in [-0.4, -0.2) is 36.0 Å². The number of ketones is 1. The summed E-state index contributed by atoms with van der Waals surface area (Å²) in [5.74, 6) is -0.272. The molecule has 21 heavy (non-hydrogen) atoms. The SMILES string of the molecule is C/C=C/C(=O)NCCCC(=O)[C@H](C)NC(=O)OC(C)(C)C. The van der Waals surface area contributed by atoms with E-state index in [1.54, 1.807) is 40.7 Å². The van der Waals surface area contributed by atoms with Gasteiger partial charge in [-0.2, -0.15) is 0 Å². The lowest BCUT2D eigenvalue weighted by molar-refractivity contribution is -0.121. The normalized spacial score (nSPS) is 12.8. The zero-order chi connectivity index (χ0) is 16.5. The maximum absolute atomic E-state index is 11.8. The van der Waals surface area contributed by atoms with E-state index in [9.17, 15) is 14.4 Å². The Morgan fingerprint density at radius 1 is 1.24 bits per heavy atom. The van der Waals surface area contributed by atoms with Gasteiger partial charge in [-0.15, -0.1) is 0 Å². The molecule has 120 valence electrons.